The largest absolute Gasteiger partial charge is 0.323 e. The Labute approximate surface area is 120 Å². The van der Waals surface area contributed by atoms with Gasteiger partial charge in [-0.2, -0.15) is 0 Å². The van der Waals surface area contributed by atoms with Crippen LogP contribution < -0.4 is 10.9 Å². The topological polar surface area (TPSA) is 57.8 Å². The number of benzene rings is 2. The molecule has 0 saturated heterocycles. The lowest BCUT2D eigenvalue weighted by molar-refractivity contribution is 0.631. The Morgan fingerprint density at radius 1 is 1.00 bits per heavy atom. The number of para-hydroxylation sites is 1. The predicted octanol–water partition coefficient (Wildman–Crippen LogP) is 3.32. The zero-order valence-electron chi connectivity index (χ0n) is 11.0. The maximum absolute atomic E-state index is 13.5. The maximum Gasteiger partial charge on any atom is 0.260 e. The van der Waals surface area contributed by atoms with Gasteiger partial charge in [-0.25, -0.2) is 9.37 Å². The van der Waals surface area contributed by atoms with Gasteiger partial charge >= 0.3 is 0 Å². The van der Waals surface area contributed by atoms with E-state index in [4.69, 9.17) is 0 Å². The number of hydrogen-bond acceptors (Lipinski definition) is 3. The zero-order chi connectivity index (χ0) is 14.7. The summed E-state index contributed by atoms with van der Waals surface area (Å²) in [5.74, 6) is -0.211. The molecule has 1 aromatic heterocycles. The SMILES string of the molecule is O=c1[nH]c(Nc2ccccc2F)ncc1-c1ccccc1. The van der Waals surface area contributed by atoms with Crippen molar-refractivity contribution in [3.05, 3.63) is 77.0 Å². The lowest BCUT2D eigenvalue weighted by Crippen LogP contribution is -2.13. The van der Waals surface area contributed by atoms with Gasteiger partial charge in [0.15, 0.2) is 0 Å². The Morgan fingerprint density at radius 2 is 1.71 bits per heavy atom. The van der Waals surface area contributed by atoms with Crippen LogP contribution in [0, 0.1) is 5.82 Å². The molecule has 0 radical (unpaired) electrons. The molecule has 0 aliphatic rings. The number of anilines is 2. The summed E-state index contributed by atoms with van der Waals surface area (Å²) in [6, 6.07) is 15.4. The number of aromatic amines is 1. The van der Waals surface area contributed by atoms with Crippen molar-refractivity contribution in [2.45, 2.75) is 0 Å². The van der Waals surface area contributed by atoms with Gasteiger partial charge in [-0.3, -0.25) is 9.78 Å². The van der Waals surface area contributed by atoms with Gasteiger partial charge < -0.3 is 5.32 Å². The van der Waals surface area contributed by atoms with Crippen LogP contribution >= 0.6 is 0 Å². The molecule has 0 aliphatic heterocycles. The quantitative estimate of drug-likeness (QED) is 0.774. The van der Waals surface area contributed by atoms with Gasteiger partial charge in [0.1, 0.15) is 5.82 Å². The molecule has 0 bridgehead atoms. The second-order valence-corrected chi connectivity index (χ2v) is 4.45. The predicted molar refractivity (Wildman–Crippen MR) is 80.0 cm³/mol. The normalized spacial score (nSPS) is 10.3. The summed E-state index contributed by atoms with van der Waals surface area (Å²) in [7, 11) is 0. The van der Waals surface area contributed by atoms with Crippen molar-refractivity contribution in [1.82, 2.24) is 9.97 Å². The van der Waals surface area contributed by atoms with E-state index in [0.717, 1.165) is 5.56 Å². The van der Waals surface area contributed by atoms with Crippen LogP contribution in [0.25, 0.3) is 11.1 Å². The van der Waals surface area contributed by atoms with Crippen molar-refractivity contribution in [2.75, 3.05) is 5.32 Å². The molecule has 0 fully saturated rings. The molecule has 4 nitrogen and oxygen atoms in total. The summed E-state index contributed by atoms with van der Waals surface area (Å²) in [5.41, 5.74) is 1.22. The lowest BCUT2D eigenvalue weighted by atomic mass is 10.1. The van der Waals surface area contributed by atoms with Gasteiger partial charge in [0.25, 0.3) is 5.56 Å². The summed E-state index contributed by atoms with van der Waals surface area (Å²) in [6.45, 7) is 0. The van der Waals surface area contributed by atoms with Crippen LogP contribution in [0.5, 0.6) is 0 Å². The van der Waals surface area contributed by atoms with Gasteiger partial charge in [-0.05, 0) is 17.7 Å². The summed E-state index contributed by atoms with van der Waals surface area (Å²) in [6.07, 6.45) is 1.47. The van der Waals surface area contributed by atoms with Crippen LogP contribution in [0.1, 0.15) is 0 Å². The van der Waals surface area contributed by atoms with Crippen LogP contribution in [0.4, 0.5) is 16.0 Å². The molecular formula is C16H12FN3O. The van der Waals surface area contributed by atoms with Crippen LogP contribution in [0.2, 0.25) is 0 Å². The number of rotatable bonds is 3. The van der Waals surface area contributed by atoms with Crippen LogP contribution in [0.3, 0.4) is 0 Å². The third-order valence-corrected chi connectivity index (χ3v) is 3.01. The molecule has 104 valence electrons. The van der Waals surface area contributed by atoms with E-state index in [1.165, 1.54) is 12.3 Å². The first-order valence-corrected chi connectivity index (χ1v) is 6.40. The Balaban J connectivity index is 1.92. The van der Waals surface area contributed by atoms with E-state index >= 15 is 0 Å². The summed E-state index contributed by atoms with van der Waals surface area (Å²) in [5, 5.41) is 2.75. The Morgan fingerprint density at radius 3 is 2.43 bits per heavy atom. The number of aromatic nitrogens is 2. The third kappa shape index (κ3) is 2.81. The average Bonchev–Trinajstić information content (AvgIpc) is 2.51. The average molecular weight is 281 g/mol. The Bertz CT molecular complexity index is 815. The van der Waals surface area contributed by atoms with Crippen molar-refractivity contribution in [2.24, 2.45) is 0 Å². The van der Waals surface area contributed by atoms with E-state index in [1.54, 1.807) is 18.2 Å². The van der Waals surface area contributed by atoms with E-state index in [0.29, 0.717) is 5.56 Å². The number of nitrogens with zero attached hydrogens (tertiary/aromatic N) is 1. The van der Waals surface area contributed by atoms with Crippen molar-refractivity contribution in [3.8, 4) is 11.1 Å². The minimum atomic E-state index is -0.410. The first-order chi connectivity index (χ1) is 10.2. The molecule has 21 heavy (non-hydrogen) atoms. The van der Waals surface area contributed by atoms with Crippen LogP contribution in [-0.4, -0.2) is 9.97 Å². The van der Waals surface area contributed by atoms with E-state index in [1.807, 2.05) is 30.3 Å². The number of hydrogen-bond donors (Lipinski definition) is 2. The molecule has 0 spiro atoms. The monoisotopic (exact) mass is 281 g/mol. The Kier molecular flexibility index (Phi) is 3.47. The van der Waals surface area contributed by atoms with E-state index < -0.39 is 5.82 Å². The molecule has 1 heterocycles. The van der Waals surface area contributed by atoms with Crippen LogP contribution in [0.15, 0.2) is 65.6 Å². The first kappa shape index (κ1) is 13.1. The molecule has 0 saturated carbocycles. The maximum atomic E-state index is 13.5. The highest BCUT2D eigenvalue weighted by atomic mass is 19.1. The highest BCUT2D eigenvalue weighted by Gasteiger charge is 2.06. The molecule has 2 aromatic carbocycles. The van der Waals surface area contributed by atoms with Gasteiger partial charge in [0.05, 0.1) is 11.3 Å². The zero-order valence-corrected chi connectivity index (χ0v) is 11.0. The number of H-pyrrole nitrogens is 1. The standard InChI is InChI=1S/C16H12FN3O/c17-13-8-4-5-9-14(13)19-16-18-10-12(15(21)20-16)11-6-2-1-3-7-11/h1-10H,(H2,18,19,20,21). The van der Waals surface area contributed by atoms with Crippen molar-refractivity contribution in [3.63, 3.8) is 0 Å². The Hall–Kier alpha value is -2.95. The fraction of sp³-hybridized carbons (Fsp3) is 0. The van der Waals surface area contributed by atoms with Gasteiger partial charge in [-0.15, -0.1) is 0 Å². The minimum Gasteiger partial charge on any atom is -0.323 e. The second-order valence-electron chi connectivity index (χ2n) is 4.45. The fourth-order valence-electron chi connectivity index (χ4n) is 1.97. The molecular weight excluding hydrogens is 269 g/mol. The van der Waals surface area contributed by atoms with Gasteiger partial charge in [-0.1, -0.05) is 42.5 Å². The van der Waals surface area contributed by atoms with E-state index in [-0.39, 0.29) is 17.2 Å². The molecule has 0 unspecified atom stereocenters. The molecule has 0 atom stereocenters. The highest BCUT2D eigenvalue weighted by Crippen LogP contribution is 2.17. The molecule has 0 amide bonds. The van der Waals surface area contributed by atoms with Crippen molar-refractivity contribution < 1.29 is 4.39 Å². The summed E-state index contributed by atoms with van der Waals surface area (Å²) in [4.78, 5) is 18.8. The van der Waals surface area contributed by atoms with E-state index in [2.05, 4.69) is 15.3 Å². The molecule has 2 N–H and O–H groups in total. The second kappa shape index (κ2) is 5.58. The van der Waals surface area contributed by atoms with Crippen molar-refractivity contribution in [1.29, 1.82) is 0 Å². The number of nitrogens with one attached hydrogen (secondary N) is 2. The summed E-state index contributed by atoms with van der Waals surface area (Å²) < 4.78 is 13.5. The van der Waals surface area contributed by atoms with Crippen LogP contribution in [-0.2, 0) is 0 Å². The molecule has 3 aromatic rings. The molecule has 5 heteroatoms. The molecule has 0 aliphatic carbocycles. The van der Waals surface area contributed by atoms with Gasteiger partial charge in [0.2, 0.25) is 5.95 Å². The van der Waals surface area contributed by atoms with Crippen molar-refractivity contribution >= 4 is 11.6 Å². The first-order valence-electron chi connectivity index (χ1n) is 6.40. The van der Waals surface area contributed by atoms with Gasteiger partial charge in [0, 0.05) is 6.20 Å². The highest BCUT2D eigenvalue weighted by molar-refractivity contribution is 5.62. The molecule has 3 rings (SSSR count). The number of halogens is 1. The smallest absolute Gasteiger partial charge is 0.260 e. The third-order valence-electron chi connectivity index (χ3n) is 3.01. The fourth-order valence-corrected chi connectivity index (χ4v) is 1.97. The lowest BCUT2D eigenvalue weighted by Gasteiger charge is -2.07. The van der Waals surface area contributed by atoms with E-state index in [9.17, 15) is 9.18 Å². The summed E-state index contributed by atoms with van der Waals surface area (Å²) >= 11 is 0. The minimum absolute atomic E-state index is 0.199.